The molecule has 0 aliphatic heterocycles. The van der Waals surface area contributed by atoms with Crippen LogP contribution in [-0.4, -0.2) is 80.6 Å². The van der Waals surface area contributed by atoms with E-state index in [2.05, 4.69) is 62.5 Å². The van der Waals surface area contributed by atoms with Crippen molar-refractivity contribution in [2.75, 3.05) is 41.0 Å². The summed E-state index contributed by atoms with van der Waals surface area (Å²) in [6.07, 6.45) is 57.0. The molecule has 0 saturated heterocycles. The Balaban J connectivity index is 4.42. The number of esters is 2. The van der Waals surface area contributed by atoms with E-state index < -0.39 is 18.1 Å². The Hall–Kier alpha value is -4.01. The molecule has 2 atom stereocenters. The number of carboxylic acid groups (broad SMARTS) is 1. The number of hydrogen-bond acceptors (Lipinski definition) is 6. The van der Waals surface area contributed by atoms with Crippen LogP contribution >= 0.6 is 0 Å². The van der Waals surface area contributed by atoms with Crippen LogP contribution in [0.15, 0.2) is 109 Å². The summed E-state index contributed by atoms with van der Waals surface area (Å²) in [7, 11) is 5.50. The predicted molar refractivity (Wildman–Crippen MR) is 252 cm³/mol. The van der Waals surface area contributed by atoms with Crippen molar-refractivity contribution in [2.45, 2.75) is 161 Å². The molecular formula is C52H84NO7+. The lowest BCUT2D eigenvalue weighted by atomic mass is 10.1. The number of carbonyl (C=O) groups excluding carboxylic acids is 2. The molecule has 0 amide bonds. The zero-order valence-corrected chi connectivity index (χ0v) is 38.4. The number of hydrogen-bond donors (Lipinski definition) is 1. The normalized spacial score (nSPS) is 13.9. The molecule has 0 saturated carbocycles. The molecule has 0 spiro atoms. The highest BCUT2D eigenvalue weighted by Gasteiger charge is 2.31. The van der Waals surface area contributed by atoms with E-state index in [4.69, 9.17) is 14.2 Å². The lowest BCUT2D eigenvalue weighted by Gasteiger charge is -2.31. The number of aliphatic carboxylic acids is 1. The van der Waals surface area contributed by atoms with Crippen LogP contribution in [0.1, 0.15) is 149 Å². The number of allylic oxidation sites excluding steroid dienone is 18. The van der Waals surface area contributed by atoms with Crippen molar-refractivity contribution < 1.29 is 38.2 Å². The van der Waals surface area contributed by atoms with Crippen LogP contribution in [0.4, 0.5) is 0 Å². The van der Waals surface area contributed by atoms with E-state index in [0.717, 1.165) is 70.6 Å². The van der Waals surface area contributed by atoms with Gasteiger partial charge < -0.3 is 23.8 Å². The second-order valence-corrected chi connectivity index (χ2v) is 16.0. The summed E-state index contributed by atoms with van der Waals surface area (Å²) in [6, 6.07) is -0.631. The summed E-state index contributed by atoms with van der Waals surface area (Å²) in [5.41, 5.74) is 0. The number of quaternary nitrogens is 1. The molecule has 60 heavy (non-hydrogen) atoms. The van der Waals surface area contributed by atoms with Crippen molar-refractivity contribution in [3.05, 3.63) is 109 Å². The molecular weight excluding hydrogens is 751 g/mol. The van der Waals surface area contributed by atoms with Crippen molar-refractivity contribution in [2.24, 2.45) is 0 Å². The lowest BCUT2D eigenvalue weighted by Crippen LogP contribution is -2.50. The van der Waals surface area contributed by atoms with Gasteiger partial charge in [0.25, 0.3) is 0 Å². The molecule has 1 N–H and O–H groups in total. The Morgan fingerprint density at radius 1 is 0.517 bits per heavy atom. The maximum atomic E-state index is 12.7. The number of nitrogens with zero attached hydrogens (tertiary/aromatic N) is 1. The van der Waals surface area contributed by atoms with Gasteiger partial charge in [0.15, 0.2) is 12.1 Å². The van der Waals surface area contributed by atoms with Gasteiger partial charge in [0, 0.05) is 19.3 Å². The van der Waals surface area contributed by atoms with Crippen LogP contribution in [0.2, 0.25) is 0 Å². The van der Waals surface area contributed by atoms with Crippen LogP contribution in [0, 0.1) is 0 Å². The Kier molecular flexibility index (Phi) is 38.9. The SMILES string of the molecule is CC/C=C/C=C/C=C/C=C/C=C/C=C/CCCCCC(=O)OC(COCCC(C(=O)O)[N+](C)(C)C)COC(=O)CCCCCCCCCCC/C=C/C/C=C/C/C=C/CC. The van der Waals surface area contributed by atoms with E-state index in [9.17, 15) is 19.5 Å². The van der Waals surface area contributed by atoms with Crippen molar-refractivity contribution in [1.82, 2.24) is 0 Å². The first-order valence-corrected chi connectivity index (χ1v) is 23.0. The number of likely N-dealkylation sites (N-methyl/N-ethyl adjacent to an activating group) is 1. The fourth-order valence-electron chi connectivity index (χ4n) is 6.08. The van der Waals surface area contributed by atoms with E-state index in [1.165, 1.54) is 38.5 Å². The monoisotopic (exact) mass is 835 g/mol. The lowest BCUT2D eigenvalue weighted by molar-refractivity contribution is -0.887. The zero-order valence-electron chi connectivity index (χ0n) is 38.4. The third-order valence-electron chi connectivity index (χ3n) is 9.58. The first-order chi connectivity index (χ1) is 29.1. The number of unbranched alkanes of at least 4 members (excludes halogenated alkanes) is 12. The van der Waals surface area contributed by atoms with Gasteiger partial charge in [0.05, 0.1) is 34.4 Å². The second kappa shape index (κ2) is 41.7. The van der Waals surface area contributed by atoms with Crippen LogP contribution in [0.5, 0.6) is 0 Å². The third kappa shape index (κ3) is 39.5. The van der Waals surface area contributed by atoms with Gasteiger partial charge in [-0.3, -0.25) is 9.59 Å². The molecule has 0 heterocycles. The minimum atomic E-state index is -0.889. The third-order valence-corrected chi connectivity index (χ3v) is 9.58. The summed E-state index contributed by atoms with van der Waals surface area (Å²) in [5, 5.41) is 9.63. The number of ether oxygens (including phenoxy) is 3. The molecule has 0 aliphatic rings. The minimum Gasteiger partial charge on any atom is -0.477 e. The van der Waals surface area contributed by atoms with E-state index in [-0.39, 0.29) is 42.7 Å². The van der Waals surface area contributed by atoms with Crippen molar-refractivity contribution in [1.29, 1.82) is 0 Å². The van der Waals surface area contributed by atoms with Gasteiger partial charge in [-0.2, -0.15) is 0 Å². The van der Waals surface area contributed by atoms with Gasteiger partial charge in [-0.05, 0) is 64.2 Å². The van der Waals surface area contributed by atoms with Gasteiger partial charge in [0.2, 0.25) is 0 Å². The fourth-order valence-corrected chi connectivity index (χ4v) is 6.08. The Labute approximate surface area is 366 Å². The van der Waals surface area contributed by atoms with Gasteiger partial charge in [-0.15, -0.1) is 0 Å². The van der Waals surface area contributed by atoms with E-state index in [1.54, 1.807) is 0 Å². The van der Waals surface area contributed by atoms with Crippen LogP contribution in [0.3, 0.4) is 0 Å². The Morgan fingerprint density at radius 3 is 1.52 bits per heavy atom. The topological polar surface area (TPSA) is 99.1 Å². The molecule has 338 valence electrons. The summed E-state index contributed by atoms with van der Waals surface area (Å²) < 4.78 is 17.2. The van der Waals surface area contributed by atoms with Gasteiger partial charge in [0.1, 0.15) is 6.61 Å². The maximum Gasteiger partial charge on any atom is 0.362 e. The van der Waals surface area contributed by atoms with Crippen molar-refractivity contribution >= 4 is 17.9 Å². The zero-order chi connectivity index (χ0) is 44.2. The summed E-state index contributed by atoms with van der Waals surface area (Å²) >= 11 is 0. The first-order valence-electron chi connectivity index (χ1n) is 23.0. The van der Waals surface area contributed by atoms with E-state index in [1.807, 2.05) is 81.9 Å². The fraction of sp³-hybridized carbons (Fsp3) is 0.596. The van der Waals surface area contributed by atoms with Crippen LogP contribution in [-0.2, 0) is 28.6 Å². The Bertz CT molecular complexity index is 1340. The number of carboxylic acids is 1. The highest BCUT2D eigenvalue weighted by molar-refractivity contribution is 5.72. The maximum absolute atomic E-state index is 12.7. The van der Waals surface area contributed by atoms with Gasteiger partial charge >= 0.3 is 17.9 Å². The quantitative estimate of drug-likeness (QED) is 0.0216. The first kappa shape index (κ1) is 56.0. The van der Waals surface area contributed by atoms with Crippen LogP contribution in [0.25, 0.3) is 0 Å². The number of rotatable bonds is 39. The second-order valence-electron chi connectivity index (χ2n) is 16.0. The smallest absolute Gasteiger partial charge is 0.362 e. The van der Waals surface area contributed by atoms with Crippen molar-refractivity contribution in [3.8, 4) is 0 Å². The minimum absolute atomic E-state index is 0.0334. The standard InChI is InChI=1S/C52H83NO7/c1-6-8-10-12-14-16-18-20-22-24-25-27-28-30-32-34-36-38-40-42-50(54)59-47-48(46-58-45-44-49(52(56)57)53(3,4)5)60-51(55)43-41-39-37-35-33-31-29-26-23-21-19-17-15-13-11-9-7-2/h8-11,13-17,19-23,26,29,31,33,48-49H,6-7,12,18,24-25,27-28,30,32,34-47H2,1-5H3/p+1/b10-8+,11-9+,15-13+,16-14+,19-17+,22-20+,23-21+,29-26+,33-31+. The van der Waals surface area contributed by atoms with E-state index >= 15 is 0 Å². The molecule has 0 radical (unpaired) electrons. The molecule has 8 heteroatoms. The highest BCUT2D eigenvalue weighted by atomic mass is 16.6. The summed E-state index contributed by atoms with van der Waals surface area (Å²) in [4.78, 5) is 37.0. The largest absolute Gasteiger partial charge is 0.477 e. The molecule has 0 fully saturated rings. The average Bonchev–Trinajstić information content (AvgIpc) is 3.21. The summed E-state index contributed by atoms with van der Waals surface area (Å²) in [5.74, 6) is -1.55. The van der Waals surface area contributed by atoms with Crippen molar-refractivity contribution in [3.63, 3.8) is 0 Å². The van der Waals surface area contributed by atoms with Crippen LogP contribution < -0.4 is 0 Å². The average molecular weight is 835 g/mol. The van der Waals surface area contributed by atoms with Gasteiger partial charge in [-0.1, -0.05) is 175 Å². The predicted octanol–water partition coefficient (Wildman–Crippen LogP) is 12.9. The molecule has 8 nitrogen and oxygen atoms in total. The molecule has 0 aromatic carbocycles. The highest BCUT2D eigenvalue weighted by Crippen LogP contribution is 2.13. The van der Waals surface area contributed by atoms with Gasteiger partial charge in [-0.25, -0.2) is 4.79 Å². The molecule has 2 unspecified atom stereocenters. The van der Waals surface area contributed by atoms with E-state index in [0.29, 0.717) is 19.3 Å². The molecule has 0 rings (SSSR count). The molecule has 0 aromatic heterocycles. The molecule has 0 aliphatic carbocycles. The summed E-state index contributed by atoms with van der Waals surface area (Å²) in [6.45, 7) is 4.41. The number of carbonyl (C=O) groups is 3. The molecule has 0 bridgehead atoms. The Morgan fingerprint density at radius 2 is 0.967 bits per heavy atom. The molecule has 0 aromatic rings.